The Kier molecular flexibility index (Phi) is 6.80. The van der Waals surface area contributed by atoms with E-state index < -0.39 is 23.6 Å². The Hall–Kier alpha value is -2.75. The Morgan fingerprint density at radius 2 is 1.85 bits per heavy atom. The molecule has 2 heterocycles. The molecule has 1 aliphatic heterocycles. The van der Waals surface area contributed by atoms with Gasteiger partial charge >= 0.3 is 6.18 Å². The molecule has 6 nitrogen and oxygen atoms in total. The van der Waals surface area contributed by atoms with Gasteiger partial charge in [-0.2, -0.15) is 13.2 Å². The highest BCUT2D eigenvalue weighted by molar-refractivity contribution is 5.83. The van der Waals surface area contributed by atoms with E-state index in [2.05, 4.69) is 27.1 Å². The van der Waals surface area contributed by atoms with Gasteiger partial charge in [-0.3, -0.25) is 10.1 Å². The van der Waals surface area contributed by atoms with Crippen LogP contribution in [0.3, 0.4) is 0 Å². The van der Waals surface area contributed by atoms with Crippen LogP contribution in [-0.4, -0.2) is 53.0 Å². The fourth-order valence-corrected chi connectivity index (χ4v) is 4.76. The second kappa shape index (κ2) is 9.48. The summed E-state index contributed by atoms with van der Waals surface area (Å²) in [7, 11) is 0. The lowest BCUT2D eigenvalue weighted by Crippen LogP contribution is -2.52. The van der Waals surface area contributed by atoms with Crippen molar-refractivity contribution in [1.82, 2.24) is 20.2 Å². The van der Waals surface area contributed by atoms with Crippen molar-refractivity contribution in [3.05, 3.63) is 52.7 Å². The Bertz CT molecular complexity index is 1050. The number of halogens is 4. The van der Waals surface area contributed by atoms with Crippen LogP contribution in [0.5, 0.6) is 0 Å². The minimum Gasteiger partial charge on any atom is -0.353 e. The first-order valence-corrected chi connectivity index (χ1v) is 11.6. The third-order valence-corrected chi connectivity index (χ3v) is 6.53. The van der Waals surface area contributed by atoms with Crippen LogP contribution in [-0.2, 0) is 17.4 Å². The third-order valence-electron chi connectivity index (χ3n) is 6.53. The van der Waals surface area contributed by atoms with Gasteiger partial charge in [-0.05, 0) is 44.7 Å². The van der Waals surface area contributed by atoms with E-state index in [1.807, 2.05) is 0 Å². The molecule has 0 bridgehead atoms. The van der Waals surface area contributed by atoms with Crippen LogP contribution in [0.4, 0.5) is 23.4 Å². The molecule has 0 spiro atoms. The maximum atomic E-state index is 14.7. The lowest BCUT2D eigenvalue weighted by Gasteiger charge is -2.38. The van der Waals surface area contributed by atoms with Gasteiger partial charge in [-0.25, -0.2) is 14.4 Å². The third kappa shape index (κ3) is 4.87. The van der Waals surface area contributed by atoms with Crippen LogP contribution in [0.2, 0.25) is 0 Å². The number of nitrogens with zero attached hydrogens (tertiary/aromatic N) is 4. The first-order chi connectivity index (χ1) is 16.1. The molecule has 0 saturated carbocycles. The number of nitrogens with one attached hydrogen (secondary N) is 1. The highest BCUT2D eigenvalue weighted by Gasteiger charge is 2.35. The molecule has 184 valence electrons. The highest BCUT2D eigenvalue weighted by atomic mass is 19.4. The summed E-state index contributed by atoms with van der Waals surface area (Å²) >= 11 is 0. The van der Waals surface area contributed by atoms with Crippen molar-refractivity contribution >= 4 is 11.7 Å². The summed E-state index contributed by atoms with van der Waals surface area (Å²) in [4.78, 5) is 26.1. The van der Waals surface area contributed by atoms with Crippen LogP contribution < -0.4 is 10.2 Å². The average Bonchev–Trinajstić information content (AvgIpc) is 3.17. The van der Waals surface area contributed by atoms with E-state index in [0.717, 1.165) is 36.5 Å². The van der Waals surface area contributed by atoms with Gasteiger partial charge in [0.25, 0.3) is 0 Å². The van der Waals surface area contributed by atoms with Crippen molar-refractivity contribution in [1.29, 1.82) is 0 Å². The number of piperazine rings is 1. The van der Waals surface area contributed by atoms with Gasteiger partial charge in [0, 0.05) is 49.0 Å². The molecule has 1 aliphatic carbocycles. The number of carbonyl (C=O) groups is 1. The van der Waals surface area contributed by atoms with Gasteiger partial charge in [0.05, 0.1) is 5.56 Å². The highest BCUT2D eigenvalue weighted by Crippen LogP contribution is 2.37. The molecule has 1 aromatic heterocycles. The van der Waals surface area contributed by atoms with Crippen molar-refractivity contribution in [2.45, 2.75) is 57.8 Å². The van der Waals surface area contributed by atoms with Gasteiger partial charge < -0.3 is 9.80 Å². The normalized spacial score (nSPS) is 19.5. The fraction of sp³-hybridized carbons (Fsp3) is 0.542. The number of benzene rings is 1. The SMILES string of the molecule is CC(C)N[C@@H](C(=O)N1CCN(c2ncnc3c2[C@H](C)CC3)CC1)c1ccc(C(F)(F)F)cc1F. The molecule has 1 saturated heterocycles. The maximum Gasteiger partial charge on any atom is 0.416 e. The molecule has 2 atom stereocenters. The second-order valence-electron chi connectivity index (χ2n) is 9.30. The lowest BCUT2D eigenvalue weighted by atomic mass is 10.0. The molecule has 1 aromatic carbocycles. The molecule has 1 fully saturated rings. The topological polar surface area (TPSA) is 61.4 Å². The summed E-state index contributed by atoms with van der Waals surface area (Å²) in [5, 5.41) is 3.03. The monoisotopic (exact) mass is 479 g/mol. The maximum absolute atomic E-state index is 14.7. The van der Waals surface area contributed by atoms with Crippen molar-refractivity contribution < 1.29 is 22.4 Å². The molecule has 34 heavy (non-hydrogen) atoms. The number of fused-ring (bicyclic) bond motifs is 1. The summed E-state index contributed by atoms with van der Waals surface area (Å²) in [6, 6.07) is 1.07. The van der Waals surface area contributed by atoms with Gasteiger partial charge in [0.2, 0.25) is 5.91 Å². The van der Waals surface area contributed by atoms with Crippen molar-refractivity contribution in [3.8, 4) is 0 Å². The minimum absolute atomic E-state index is 0.0865. The summed E-state index contributed by atoms with van der Waals surface area (Å²) in [5.41, 5.74) is 1.09. The fourth-order valence-electron chi connectivity index (χ4n) is 4.76. The van der Waals surface area contributed by atoms with E-state index in [0.29, 0.717) is 38.2 Å². The second-order valence-corrected chi connectivity index (χ2v) is 9.30. The minimum atomic E-state index is -4.65. The first-order valence-electron chi connectivity index (χ1n) is 11.6. The Labute approximate surface area is 196 Å². The summed E-state index contributed by atoms with van der Waals surface area (Å²) < 4.78 is 53.6. The Balaban J connectivity index is 1.51. The zero-order valence-electron chi connectivity index (χ0n) is 19.5. The molecule has 1 amide bonds. The predicted molar refractivity (Wildman–Crippen MR) is 120 cm³/mol. The van der Waals surface area contributed by atoms with Crippen molar-refractivity contribution in [2.24, 2.45) is 0 Å². The molecule has 10 heteroatoms. The summed E-state index contributed by atoms with van der Waals surface area (Å²) in [6.45, 7) is 7.71. The van der Waals surface area contributed by atoms with Crippen LogP contribution in [0.25, 0.3) is 0 Å². The van der Waals surface area contributed by atoms with E-state index in [-0.39, 0.29) is 17.5 Å². The Morgan fingerprint density at radius 3 is 2.47 bits per heavy atom. The van der Waals surface area contributed by atoms with Gasteiger partial charge in [-0.1, -0.05) is 13.0 Å². The zero-order valence-corrected chi connectivity index (χ0v) is 19.5. The van der Waals surface area contributed by atoms with Crippen molar-refractivity contribution in [2.75, 3.05) is 31.1 Å². The first kappa shape index (κ1) is 24.4. The molecular weight excluding hydrogens is 450 g/mol. The predicted octanol–water partition coefficient (Wildman–Crippen LogP) is 4.07. The number of aromatic nitrogens is 2. The summed E-state index contributed by atoms with van der Waals surface area (Å²) in [5.74, 6) is -0.111. The van der Waals surface area contributed by atoms with Crippen LogP contribution in [0.15, 0.2) is 24.5 Å². The Morgan fingerprint density at radius 1 is 1.15 bits per heavy atom. The van der Waals surface area contributed by atoms with E-state index >= 15 is 0 Å². The number of hydrogen-bond acceptors (Lipinski definition) is 5. The van der Waals surface area contributed by atoms with Crippen LogP contribution in [0, 0.1) is 5.82 Å². The number of rotatable bonds is 5. The van der Waals surface area contributed by atoms with Crippen LogP contribution in [0.1, 0.15) is 61.5 Å². The van der Waals surface area contributed by atoms with E-state index in [9.17, 15) is 22.4 Å². The smallest absolute Gasteiger partial charge is 0.353 e. The molecular formula is C24H29F4N5O. The van der Waals surface area contributed by atoms with Gasteiger partial charge in [0.15, 0.2) is 0 Å². The van der Waals surface area contributed by atoms with Gasteiger partial charge in [0.1, 0.15) is 24.0 Å². The average molecular weight is 480 g/mol. The van der Waals surface area contributed by atoms with E-state index in [4.69, 9.17) is 0 Å². The number of amides is 1. The van der Waals surface area contributed by atoms with E-state index in [1.54, 1.807) is 25.1 Å². The number of carbonyl (C=O) groups excluding carboxylic acids is 1. The molecule has 0 radical (unpaired) electrons. The standard InChI is InChI=1S/C24H29F4N5O/c1-14(2)31-21(17-6-5-16(12-18(17)25)24(26,27)28)23(34)33-10-8-32(9-11-33)22-20-15(3)4-7-19(20)29-13-30-22/h5-6,12-15,21,31H,4,7-11H2,1-3H3/t15-,21-/m1/s1. The molecule has 2 aliphatic rings. The summed E-state index contributed by atoms with van der Waals surface area (Å²) in [6.07, 6.45) is -1.09. The lowest BCUT2D eigenvalue weighted by molar-refractivity contribution is -0.137. The molecule has 0 unspecified atom stereocenters. The zero-order chi connectivity index (χ0) is 24.6. The van der Waals surface area contributed by atoms with Crippen LogP contribution >= 0.6 is 0 Å². The largest absolute Gasteiger partial charge is 0.416 e. The van der Waals surface area contributed by atoms with Gasteiger partial charge in [-0.15, -0.1) is 0 Å². The molecule has 2 aromatic rings. The number of aryl methyl sites for hydroxylation is 1. The number of hydrogen-bond donors (Lipinski definition) is 1. The number of anilines is 1. The quantitative estimate of drug-likeness (QED) is 0.656. The molecule has 4 rings (SSSR count). The number of alkyl halides is 3. The van der Waals surface area contributed by atoms with Crippen molar-refractivity contribution in [3.63, 3.8) is 0 Å². The molecule has 1 N–H and O–H groups in total. The van der Waals surface area contributed by atoms with E-state index in [1.165, 1.54) is 5.56 Å².